The SMILES string of the molecule is COC(=O)Cc1[nH]c2c(Br)cc(OC)cc2c1CC(=O)OC. The second kappa shape index (κ2) is 6.83. The highest BCUT2D eigenvalue weighted by Crippen LogP contribution is 2.33. The highest BCUT2D eigenvalue weighted by molar-refractivity contribution is 9.10. The number of carbonyl (C=O) groups is 2. The summed E-state index contributed by atoms with van der Waals surface area (Å²) in [6.45, 7) is 0. The smallest absolute Gasteiger partial charge is 0.311 e. The molecule has 0 fully saturated rings. The summed E-state index contributed by atoms with van der Waals surface area (Å²) in [4.78, 5) is 26.4. The average Bonchev–Trinajstić information content (AvgIpc) is 2.85. The summed E-state index contributed by atoms with van der Waals surface area (Å²) in [5.41, 5.74) is 2.12. The number of carbonyl (C=O) groups excluding carboxylic acids is 2. The molecular weight excluding hydrogens is 354 g/mol. The molecule has 1 aromatic heterocycles. The van der Waals surface area contributed by atoms with Crippen LogP contribution in [-0.2, 0) is 31.9 Å². The van der Waals surface area contributed by atoms with Gasteiger partial charge in [-0.15, -0.1) is 0 Å². The summed E-state index contributed by atoms with van der Waals surface area (Å²) in [5.74, 6) is -0.124. The molecule has 6 nitrogen and oxygen atoms in total. The number of nitrogens with one attached hydrogen (secondary N) is 1. The van der Waals surface area contributed by atoms with Gasteiger partial charge >= 0.3 is 11.9 Å². The van der Waals surface area contributed by atoms with Crippen molar-refractivity contribution in [2.45, 2.75) is 12.8 Å². The fourth-order valence-electron chi connectivity index (χ4n) is 2.24. The first-order chi connectivity index (χ1) is 10.5. The summed E-state index contributed by atoms with van der Waals surface area (Å²) in [5, 5.41) is 0.801. The van der Waals surface area contributed by atoms with E-state index in [0.717, 1.165) is 15.4 Å². The number of aromatic nitrogens is 1. The van der Waals surface area contributed by atoms with Crippen LogP contribution in [0.25, 0.3) is 10.9 Å². The molecule has 1 N–H and O–H groups in total. The summed E-state index contributed by atoms with van der Waals surface area (Å²) < 4.78 is 15.5. The molecule has 0 spiro atoms. The van der Waals surface area contributed by atoms with Crippen LogP contribution >= 0.6 is 15.9 Å². The van der Waals surface area contributed by atoms with E-state index in [-0.39, 0.29) is 24.8 Å². The predicted molar refractivity (Wildman–Crippen MR) is 84.0 cm³/mol. The Labute approximate surface area is 135 Å². The van der Waals surface area contributed by atoms with Crippen LogP contribution in [0.15, 0.2) is 16.6 Å². The van der Waals surface area contributed by atoms with Crippen LogP contribution in [0, 0.1) is 0 Å². The van der Waals surface area contributed by atoms with Gasteiger partial charge in [-0.1, -0.05) is 0 Å². The van der Waals surface area contributed by atoms with Gasteiger partial charge in [0.1, 0.15) is 5.75 Å². The molecule has 0 bridgehead atoms. The van der Waals surface area contributed by atoms with Crippen molar-refractivity contribution in [3.8, 4) is 5.75 Å². The summed E-state index contributed by atoms with van der Waals surface area (Å²) in [7, 11) is 4.22. The Balaban J connectivity index is 2.61. The lowest BCUT2D eigenvalue weighted by Gasteiger charge is -2.05. The molecule has 1 heterocycles. The number of hydrogen-bond acceptors (Lipinski definition) is 5. The minimum absolute atomic E-state index is 0.0479. The van der Waals surface area contributed by atoms with E-state index in [1.807, 2.05) is 12.1 Å². The zero-order chi connectivity index (χ0) is 16.3. The maximum Gasteiger partial charge on any atom is 0.311 e. The monoisotopic (exact) mass is 369 g/mol. The number of methoxy groups -OCH3 is 3. The lowest BCUT2D eigenvalue weighted by molar-refractivity contribution is -0.141. The van der Waals surface area contributed by atoms with Gasteiger partial charge in [0.25, 0.3) is 0 Å². The average molecular weight is 370 g/mol. The molecule has 0 saturated heterocycles. The number of aromatic amines is 1. The van der Waals surface area contributed by atoms with Crippen LogP contribution in [0.5, 0.6) is 5.75 Å². The van der Waals surface area contributed by atoms with Crippen LogP contribution in [0.4, 0.5) is 0 Å². The molecule has 22 heavy (non-hydrogen) atoms. The van der Waals surface area contributed by atoms with E-state index >= 15 is 0 Å². The first-order valence-corrected chi connectivity index (χ1v) is 7.30. The molecule has 0 saturated carbocycles. The van der Waals surface area contributed by atoms with Crippen LogP contribution in [0.3, 0.4) is 0 Å². The molecule has 0 atom stereocenters. The lowest BCUT2D eigenvalue weighted by Crippen LogP contribution is -2.10. The van der Waals surface area contributed by atoms with Gasteiger partial charge in [0.05, 0.1) is 39.7 Å². The Morgan fingerprint density at radius 2 is 1.73 bits per heavy atom. The molecule has 0 radical (unpaired) electrons. The fourth-order valence-corrected chi connectivity index (χ4v) is 2.78. The maximum absolute atomic E-state index is 11.7. The van der Waals surface area contributed by atoms with Gasteiger partial charge in [0.15, 0.2) is 0 Å². The molecule has 0 unspecified atom stereocenters. The Kier molecular flexibility index (Phi) is 5.07. The van der Waals surface area contributed by atoms with Crippen LogP contribution in [0.1, 0.15) is 11.3 Å². The summed E-state index contributed by atoms with van der Waals surface area (Å²) >= 11 is 3.46. The standard InChI is InChI=1S/C15H16BrNO5/c1-20-8-4-10-9(6-13(18)21-2)12(7-14(19)22-3)17-15(10)11(16)5-8/h4-5,17H,6-7H2,1-3H3. The van der Waals surface area contributed by atoms with Crippen LogP contribution in [-0.4, -0.2) is 38.3 Å². The van der Waals surface area contributed by atoms with Gasteiger partial charge in [0.2, 0.25) is 0 Å². The van der Waals surface area contributed by atoms with Crippen molar-refractivity contribution in [1.29, 1.82) is 0 Å². The Hall–Kier alpha value is -2.02. The molecule has 0 aliphatic heterocycles. The lowest BCUT2D eigenvalue weighted by atomic mass is 10.1. The van der Waals surface area contributed by atoms with E-state index in [4.69, 9.17) is 14.2 Å². The number of esters is 2. The Morgan fingerprint density at radius 1 is 1.09 bits per heavy atom. The molecule has 2 aromatic rings. The molecule has 0 aliphatic rings. The van der Waals surface area contributed by atoms with Gasteiger partial charge in [-0.2, -0.15) is 0 Å². The number of benzene rings is 1. The molecule has 118 valence electrons. The number of rotatable bonds is 5. The van der Waals surface area contributed by atoms with Crippen LogP contribution < -0.4 is 4.74 Å². The third-order valence-corrected chi connectivity index (χ3v) is 3.99. The van der Waals surface area contributed by atoms with E-state index in [1.54, 1.807) is 7.11 Å². The normalized spacial score (nSPS) is 10.5. The maximum atomic E-state index is 11.7. The van der Waals surface area contributed by atoms with Crippen molar-refractivity contribution >= 4 is 38.8 Å². The zero-order valence-electron chi connectivity index (χ0n) is 12.5. The second-order valence-electron chi connectivity index (χ2n) is 4.62. The minimum atomic E-state index is -0.388. The first-order valence-electron chi connectivity index (χ1n) is 6.50. The van der Waals surface area contributed by atoms with Crippen molar-refractivity contribution in [2.24, 2.45) is 0 Å². The third kappa shape index (κ3) is 3.24. The molecule has 1 aromatic carbocycles. The molecule has 2 rings (SSSR count). The molecular formula is C15H16BrNO5. The highest BCUT2D eigenvalue weighted by Gasteiger charge is 2.19. The molecule has 0 aliphatic carbocycles. The van der Waals surface area contributed by atoms with E-state index in [1.165, 1.54) is 14.2 Å². The summed E-state index contributed by atoms with van der Waals surface area (Å²) in [6, 6.07) is 3.62. The van der Waals surface area contributed by atoms with Crippen molar-refractivity contribution in [2.75, 3.05) is 21.3 Å². The Bertz CT molecular complexity index is 722. The largest absolute Gasteiger partial charge is 0.497 e. The van der Waals surface area contributed by atoms with E-state index in [0.29, 0.717) is 17.0 Å². The van der Waals surface area contributed by atoms with Gasteiger partial charge in [0, 0.05) is 15.6 Å². The van der Waals surface area contributed by atoms with E-state index in [2.05, 4.69) is 20.9 Å². The fraction of sp³-hybridized carbons (Fsp3) is 0.333. The van der Waals surface area contributed by atoms with Crippen molar-refractivity contribution in [1.82, 2.24) is 4.98 Å². The van der Waals surface area contributed by atoms with Crippen LogP contribution in [0.2, 0.25) is 0 Å². The number of ether oxygens (including phenoxy) is 3. The minimum Gasteiger partial charge on any atom is -0.497 e. The van der Waals surface area contributed by atoms with E-state index in [9.17, 15) is 9.59 Å². The first kappa shape index (κ1) is 16.4. The number of hydrogen-bond donors (Lipinski definition) is 1. The molecule has 7 heteroatoms. The van der Waals surface area contributed by atoms with Gasteiger partial charge in [-0.05, 0) is 33.6 Å². The third-order valence-electron chi connectivity index (χ3n) is 3.36. The quantitative estimate of drug-likeness (QED) is 0.818. The van der Waals surface area contributed by atoms with Gasteiger partial charge in [-0.3, -0.25) is 9.59 Å². The number of halogens is 1. The van der Waals surface area contributed by atoms with Crippen molar-refractivity contribution < 1.29 is 23.8 Å². The summed E-state index contributed by atoms with van der Waals surface area (Å²) in [6.07, 6.45) is 0.106. The predicted octanol–water partition coefficient (Wildman–Crippen LogP) is 2.37. The van der Waals surface area contributed by atoms with E-state index < -0.39 is 0 Å². The van der Waals surface area contributed by atoms with Gasteiger partial charge < -0.3 is 19.2 Å². The zero-order valence-corrected chi connectivity index (χ0v) is 14.1. The highest BCUT2D eigenvalue weighted by atomic mass is 79.9. The van der Waals surface area contributed by atoms with Crippen molar-refractivity contribution in [3.63, 3.8) is 0 Å². The second-order valence-corrected chi connectivity index (χ2v) is 5.47. The van der Waals surface area contributed by atoms with Crippen molar-refractivity contribution in [3.05, 3.63) is 27.9 Å². The topological polar surface area (TPSA) is 77.6 Å². The number of H-pyrrole nitrogens is 1. The number of fused-ring (bicyclic) bond motifs is 1. The molecule has 0 amide bonds. The van der Waals surface area contributed by atoms with Gasteiger partial charge in [-0.25, -0.2) is 0 Å². The Morgan fingerprint density at radius 3 is 2.32 bits per heavy atom.